The molecule has 0 atom stereocenters. The Balaban J connectivity index is 1.73. The largest absolute Gasteiger partial charge is 0.507 e. The standard InChI is InChI=1S/C18H14N2O2/c21-17-8-4-3-7-16(17)18(22)20-19-12-13-9-10-14-5-1-2-6-15(14)11-13/h1-12,21H,(H,20,22)/b19-12+. The number of amides is 1. The van der Waals surface area contributed by atoms with E-state index in [0.29, 0.717) is 0 Å². The Morgan fingerprint density at radius 1 is 0.955 bits per heavy atom. The Morgan fingerprint density at radius 3 is 2.50 bits per heavy atom. The number of nitrogens with zero attached hydrogens (tertiary/aromatic N) is 1. The topological polar surface area (TPSA) is 61.7 Å². The van der Waals surface area contributed by atoms with E-state index < -0.39 is 5.91 Å². The van der Waals surface area contributed by atoms with Gasteiger partial charge >= 0.3 is 0 Å². The number of hydrogen-bond donors (Lipinski definition) is 2. The van der Waals surface area contributed by atoms with Crippen molar-refractivity contribution in [1.29, 1.82) is 0 Å². The first kappa shape index (κ1) is 13.8. The van der Waals surface area contributed by atoms with Gasteiger partial charge in [-0.05, 0) is 34.5 Å². The van der Waals surface area contributed by atoms with Gasteiger partial charge in [-0.15, -0.1) is 0 Å². The minimum Gasteiger partial charge on any atom is -0.507 e. The molecule has 0 spiro atoms. The third kappa shape index (κ3) is 2.96. The summed E-state index contributed by atoms with van der Waals surface area (Å²) in [5.41, 5.74) is 3.49. The zero-order valence-corrected chi connectivity index (χ0v) is 11.7. The molecule has 1 amide bonds. The molecule has 0 aliphatic carbocycles. The highest BCUT2D eigenvalue weighted by Gasteiger charge is 2.08. The number of para-hydroxylation sites is 1. The van der Waals surface area contributed by atoms with Gasteiger partial charge in [0.1, 0.15) is 5.75 Å². The first-order valence-electron chi connectivity index (χ1n) is 6.84. The number of nitrogens with one attached hydrogen (secondary N) is 1. The molecule has 0 saturated heterocycles. The average Bonchev–Trinajstić information content (AvgIpc) is 2.55. The molecule has 0 bridgehead atoms. The number of benzene rings is 3. The van der Waals surface area contributed by atoms with Crippen LogP contribution >= 0.6 is 0 Å². The number of phenols is 1. The van der Waals surface area contributed by atoms with E-state index in [1.165, 1.54) is 12.1 Å². The fourth-order valence-corrected chi connectivity index (χ4v) is 2.18. The first-order valence-corrected chi connectivity index (χ1v) is 6.84. The van der Waals surface area contributed by atoms with Gasteiger partial charge in [-0.25, -0.2) is 5.43 Å². The summed E-state index contributed by atoms with van der Waals surface area (Å²) in [5, 5.41) is 15.8. The SMILES string of the molecule is O=C(N/N=C/c1ccc2ccccc2c1)c1ccccc1O. The number of rotatable bonds is 3. The van der Waals surface area contributed by atoms with Crippen LogP contribution in [0.1, 0.15) is 15.9 Å². The molecule has 0 heterocycles. The van der Waals surface area contributed by atoms with Crippen LogP contribution in [0.4, 0.5) is 0 Å². The van der Waals surface area contributed by atoms with Gasteiger partial charge in [0.2, 0.25) is 0 Å². The molecule has 2 N–H and O–H groups in total. The van der Waals surface area contributed by atoms with Gasteiger partial charge in [0.15, 0.2) is 0 Å². The molecular formula is C18H14N2O2. The first-order chi connectivity index (χ1) is 10.7. The van der Waals surface area contributed by atoms with E-state index in [0.717, 1.165) is 16.3 Å². The van der Waals surface area contributed by atoms with Crippen LogP contribution in [0.15, 0.2) is 71.8 Å². The monoisotopic (exact) mass is 290 g/mol. The number of fused-ring (bicyclic) bond motifs is 1. The second kappa shape index (κ2) is 6.10. The van der Waals surface area contributed by atoms with Crippen LogP contribution in [0.5, 0.6) is 5.75 Å². The Morgan fingerprint density at radius 2 is 1.68 bits per heavy atom. The molecule has 0 aromatic heterocycles. The summed E-state index contributed by atoms with van der Waals surface area (Å²) < 4.78 is 0. The fourth-order valence-electron chi connectivity index (χ4n) is 2.18. The van der Waals surface area contributed by atoms with E-state index in [-0.39, 0.29) is 11.3 Å². The van der Waals surface area contributed by atoms with Crippen molar-refractivity contribution in [3.8, 4) is 5.75 Å². The predicted molar refractivity (Wildman–Crippen MR) is 87.1 cm³/mol. The minimum atomic E-state index is -0.449. The van der Waals surface area contributed by atoms with Crippen LogP contribution < -0.4 is 5.43 Å². The molecular weight excluding hydrogens is 276 g/mol. The van der Waals surface area contributed by atoms with Gasteiger partial charge in [0, 0.05) is 0 Å². The Bertz CT molecular complexity index is 856. The van der Waals surface area contributed by atoms with Crippen LogP contribution in [-0.2, 0) is 0 Å². The van der Waals surface area contributed by atoms with E-state index >= 15 is 0 Å². The Labute approximate surface area is 127 Å². The number of aromatic hydroxyl groups is 1. The predicted octanol–water partition coefficient (Wildman–Crippen LogP) is 3.31. The lowest BCUT2D eigenvalue weighted by molar-refractivity contribution is 0.0952. The molecule has 0 aliphatic rings. The van der Waals surface area contributed by atoms with Crippen molar-refractivity contribution in [1.82, 2.24) is 5.43 Å². The maximum atomic E-state index is 11.9. The number of phenolic OH excluding ortho intramolecular Hbond substituents is 1. The molecule has 0 unspecified atom stereocenters. The van der Waals surface area contributed by atoms with Crippen LogP contribution in [0.25, 0.3) is 10.8 Å². The zero-order chi connectivity index (χ0) is 15.4. The van der Waals surface area contributed by atoms with Crippen molar-refractivity contribution in [3.63, 3.8) is 0 Å². The second-order valence-electron chi connectivity index (χ2n) is 4.82. The third-order valence-electron chi connectivity index (χ3n) is 3.30. The summed E-state index contributed by atoms with van der Waals surface area (Å²) in [5.74, 6) is -0.518. The summed E-state index contributed by atoms with van der Waals surface area (Å²) in [6, 6.07) is 20.3. The van der Waals surface area contributed by atoms with E-state index in [4.69, 9.17) is 0 Å². The summed E-state index contributed by atoms with van der Waals surface area (Å²) in [6.07, 6.45) is 1.57. The lowest BCUT2D eigenvalue weighted by Crippen LogP contribution is -2.17. The van der Waals surface area contributed by atoms with Crippen molar-refractivity contribution in [2.45, 2.75) is 0 Å². The van der Waals surface area contributed by atoms with Crippen molar-refractivity contribution in [3.05, 3.63) is 77.9 Å². The maximum absolute atomic E-state index is 11.9. The van der Waals surface area contributed by atoms with Crippen LogP contribution in [0, 0.1) is 0 Å². The molecule has 0 saturated carbocycles. The molecule has 4 nitrogen and oxygen atoms in total. The summed E-state index contributed by atoms with van der Waals surface area (Å²) >= 11 is 0. The smallest absolute Gasteiger partial charge is 0.275 e. The summed E-state index contributed by atoms with van der Waals surface area (Å²) in [7, 11) is 0. The maximum Gasteiger partial charge on any atom is 0.275 e. The lowest BCUT2D eigenvalue weighted by atomic mass is 10.1. The second-order valence-corrected chi connectivity index (χ2v) is 4.82. The van der Waals surface area contributed by atoms with Gasteiger partial charge < -0.3 is 5.11 Å². The quantitative estimate of drug-likeness (QED) is 0.574. The minimum absolute atomic E-state index is 0.0686. The van der Waals surface area contributed by atoms with Crippen molar-refractivity contribution >= 4 is 22.9 Å². The Kier molecular flexibility index (Phi) is 3.83. The highest BCUT2D eigenvalue weighted by Crippen LogP contribution is 2.16. The molecule has 0 aliphatic heterocycles. The Hall–Kier alpha value is -3.14. The molecule has 4 heteroatoms. The summed E-state index contributed by atoms with van der Waals surface area (Å²) in [4.78, 5) is 11.9. The number of carbonyl (C=O) groups excluding carboxylic acids is 1. The van der Waals surface area contributed by atoms with Crippen LogP contribution in [0.3, 0.4) is 0 Å². The molecule has 0 fully saturated rings. The van der Waals surface area contributed by atoms with Gasteiger partial charge in [0.25, 0.3) is 5.91 Å². The molecule has 3 aromatic rings. The average molecular weight is 290 g/mol. The molecule has 3 rings (SSSR count). The van der Waals surface area contributed by atoms with E-state index in [1.54, 1.807) is 18.3 Å². The van der Waals surface area contributed by atoms with E-state index in [9.17, 15) is 9.90 Å². The molecule has 108 valence electrons. The van der Waals surface area contributed by atoms with Crippen molar-refractivity contribution in [2.75, 3.05) is 0 Å². The van der Waals surface area contributed by atoms with Gasteiger partial charge in [0.05, 0.1) is 11.8 Å². The highest BCUT2D eigenvalue weighted by atomic mass is 16.3. The number of hydrogen-bond acceptors (Lipinski definition) is 3. The normalized spacial score (nSPS) is 10.9. The number of hydrazone groups is 1. The van der Waals surface area contributed by atoms with Gasteiger partial charge in [-0.3, -0.25) is 4.79 Å². The zero-order valence-electron chi connectivity index (χ0n) is 11.7. The van der Waals surface area contributed by atoms with E-state index in [2.05, 4.69) is 10.5 Å². The highest BCUT2D eigenvalue weighted by molar-refractivity contribution is 5.97. The van der Waals surface area contributed by atoms with Crippen LogP contribution in [-0.4, -0.2) is 17.2 Å². The molecule has 22 heavy (non-hydrogen) atoms. The number of carbonyl (C=O) groups is 1. The van der Waals surface area contributed by atoms with Crippen molar-refractivity contribution < 1.29 is 9.90 Å². The third-order valence-corrected chi connectivity index (χ3v) is 3.30. The lowest BCUT2D eigenvalue weighted by Gasteiger charge is -2.02. The molecule has 0 radical (unpaired) electrons. The summed E-state index contributed by atoms with van der Waals surface area (Å²) in [6.45, 7) is 0. The fraction of sp³-hybridized carbons (Fsp3) is 0. The van der Waals surface area contributed by atoms with Gasteiger partial charge in [-0.1, -0.05) is 48.5 Å². The van der Waals surface area contributed by atoms with Crippen LogP contribution in [0.2, 0.25) is 0 Å². The van der Waals surface area contributed by atoms with Gasteiger partial charge in [-0.2, -0.15) is 5.10 Å². The molecule has 3 aromatic carbocycles. The van der Waals surface area contributed by atoms with Crippen molar-refractivity contribution in [2.24, 2.45) is 5.10 Å². The van der Waals surface area contributed by atoms with E-state index in [1.807, 2.05) is 42.5 Å².